The zero-order valence-electron chi connectivity index (χ0n) is 15.0. The van der Waals surface area contributed by atoms with E-state index in [0.717, 1.165) is 11.1 Å². The van der Waals surface area contributed by atoms with Crippen molar-refractivity contribution in [3.63, 3.8) is 0 Å². The molecule has 6 heteroatoms. The van der Waals surface area contributed by atoms with Crippen LogP contribution in [0, 0.1) is 18.3 Å². The standard InChI is InChI=1S/C21H19ClN2O2S/c1-3-18-20(27(25)16-10-4-13(2)5-11-16)19(17(12-23)21(24)26-18)14-6-8-15(22)9-7-14/h4-11,19H,3,24H2,1-2H3/t19-,27+/m1/s1. The van der Waals surface area contributed by atoms with Gasteiger partial charge in [-0.25, -0.2) is 4.21 Å². The van der Waals surface area contributed by atoms with Gasteiger partial charge in [-0.1, -0.05) is 48.4 Å². The maximum Gasteiger partial charge on any atom is 0.205 e. The minimum Gasteiger partial charge on any atom is -0.444 e. The van der Waals surface area contributed by atoms with E-state index < -0.39 is 16.7 Å². The molecule has 138 valence electrons. The van der Waals surface area contributed by atoms with Crippen molar-refractivity contribution in [2.24, 2.45) is 5.73 Å². The molecule has 2 aromatic rings. The third-order valence-corrected chi connectivity index (χ3v) is 6.22. The van der Waals surface area contributed by atoms with Crippen molar-refractivity contribution in [3.8, 4) is 6.07 Å². The predicted octanol–water partition coefficient (Wildman–Crippen LogP) is 4.89. The number of hydrogen-bond donors (Lipinski definition) is 1. The summed E-state index contributed by atoms with van der Waals surface area (Å²) in [5, 5.41) is 10.3. The first kappa shape index (κ1) is 19.2. The van der Waals surface area contributed by atoms with Crippen LogP contribution in [-0.4, -0.2) is 4.21 Å². The van der Waals surface area contributed by atoms with Gasteiger partial charge in [-0.15, -0.1) is 0 Å². The third kappa shape index (κ3) is 3.78. The number of rotatable bonds is 4. The molecule has 0 spiro atoms. The highest BCUT2D eigenvalue weighted by Crippen LogP contribution is 2.43. The zero-order valence-corrected chi connectivity index (χ0v) is 16.6. The van der Waals surface area contributed by atoms with Crippen LogP contribution in [0.5, 0.6) is 0 Å². The molecule has 0 aliphatic carbocycles. The topological polar surface area (TPSA) is 76.1 Å². The van der Waals surface area contributed by atoms with E-state index >= 15 is 0 Å². The number of ether oxygens (including phenoxy) is 1. The first-order chi connectivity index (χ1) is 13.0. The molecule has 27 heavy (non-hydrogen) atoms. The third-order valence-electron chi connectivity index (χ3n) is 4.40. The molecule has 0 saturated heterocycles. The van der Waals surface area contributed by atoms with Crippen LogP contribution in [0.15, 0.2) is 75.5 Å². The smallest absolute Gasteiger partial charge is 0.205 e. The monoisotopic (exact) mass is 398 g/mol. The second kappa shape index (κ2) is 7.99. The van der Waals surface area contributed by atoms with Gasteiger partial charge in [0.05, 0.1) is 21.6 Å². The first-order valence-electron chi connectivity index (χ1n) is 8.50. The second-order valence-corrected chi connectivity index (χ2v) is 8.08. The van der Waals surface area contributed by atoms with Gasteiger partial charge in [0.2, 0.25) is 5.88 Å². The van der Waals surface area contributed by atoms with E-state index in [2.05, 4.69) is 6.07 Å². The Morgan fingerprint density at radius 1 is 1.19 bits per heavy atom. The van der Waals surface area contributed by atoms with Gasteiger partial charge in [0.25, 0.3) is 0 Å². The van der Waals surface area contributed by atoms with Crippen molar-refractivity contribution in [2.45, 2.75) is 31.1 Å². The van der Waals surface area contributed by atoms with Gasteiger partial charge in [-0.2, -0.15) is 5.26 Å². The molecule has 0 aromatic heterocycles. The highest BCUT2D eigenvalue weighted by molar-refractivity contribution is 7.89. The van der Waals surface area contributed by atoms with E-state index in [1.165, 1.54) is 0 Å². The maximum absolute atomic E-state index is 13.5. The van der Waals surface area contributed by atoms with Gasteiger partial charge in [0, 0.05) is 16.3 Å². The molecule has 0 bridgehead atoms. The number of nitriles is 1. The Hall–Kier alpha value is -2.55. The van der Waals surface area contributed by atoms with E-state index in [-0.39, 0.29) is 11.5 Å². The number of hydrogen-bond acceptors (Lipinski definition) is 4. The zero-order chi connectivity index (χ0) is 19.6. The maximum atomic E-state index is 13.5. The van der Waals surface area contributed by atoms with E-state index in [9.17, 15) is 9.47 Å². The Balaban J connectivity index is 2.19. The Morgan fingerprint density at radius 2 is 1.81 bits per heavy atom. The van der Waals surface area contributed by atoms with Crippen molar-refractivity contribution in [1.82, 2.24) is 0 Å². The summed E-state index contributed by atoms with van der Waals surface area (Å²) in [6.07, 6.45) is 0.510. The van der Waals surface area contributed by atoms with Gasteiger partial charge in [0.15, 0.2) is 0 Å². The van der Waals surface area contributed by atoms with Crippen LogP contribution in [0.1, 0.15) is 30.4 Å². The van der Waals surface area contributed by atoms with Crippen LogP contribution in [0.2, 0.25) is 5.02 Å². The second-order valence-electron chi connectivity index (χ2n) is 6.20. The lowest BCUT2D eigenvalue weighted by atomic mass is 9.89. The Labute approximate surface area is 166 Å². The minimum atomic E-state index is -1.50. The van der Waals surface area contributed by atoms with Crippen molar-refractivity contribution in [1.29, 1.82) is 5.26 Å². The summed E-state index contributed by atoms with van der Waals surface area (Å²) < 4.78 is 19.2. The molecule has 0 saturated carbocycles. The fraction of sp³-hybridized carbons (Fsp3) is 0.190. The van der Waals surface area contributed by atoms with Crippen LogP contribution in [0.25, 0.3) is 0 Å². The van der Waals surface area contributed by atoms with Gasteiger partial charge in [0.1, 0.15) is 17.4 Å². The minimum absolute atomic E-state index is 0.0546. The highest BCUT2D eigenvalue weighted by Gasteiger charge is 2.36. The summed E-state index contributed by atoms with van der Waals surface area (Å²) in [6, 6.07) is 16.8. The summed E-state index contributed by atoms with van der Waals surface area (Å²) in [5.41, 5.74) is 8.14. The fourth-order valence-electron chi connectivity index (χ4n) is 3.01. The van der Waals surface area contributed by atoms with Crippen LogP contribution in [-0.2, 0) is 15.5 Å². The van der Waals surface area contributed by atoms with Gasteiger partial charge in [-0.3, -0.25) is 0 Å². The van der Waals surface area contributed by atoms with Crippen LogP contribution in [0.4, 0.5) is 0 Å². The molecule has 1 heterocycles. The molecule has 2 N–H and O–H groups in total. The van der Waals surface area contributed by atoms with Crippen molar-refractivity contribution >= 4 is 22.4 Å². The molecule has 0 fully saturated rings. The van der Waals surface area contributed by atoms with Gasteiger partial charge in [-0.05, 0) is 36.8 Å². The van der Waals surface area contributed by atoms with E-state index in [1.807, 2.05) is 50.2 Å². The van der Waals surface area contributed by atoms with Gasteiger partial charge < -0.3 is 10.5 Å². The SMILES string of the molecule is CCC1=C([S@@](=O)c2ccc(C)cc2)[C@H](c2ccc(Cl)cc2)C(C#N)=C(N)O1. The largest absolute Gasteiger partial charge is 0.444 e. The van der Waals surface area contributed by atoms with Crippen LogP contribution in [0.3, 0.4) is 0 Å². The lowest BCUT2D eigenvalue weighted by Gasteiger charge is -2.28. The Kier molecular flexibility index (Phi) is 5.69. The molecular weight excluding hydrogens is 380 g/mol. The summed E-state index contributed by atoms with van der Waals surface area (Å²) in [5.74, 6) is 0.0439. The van der Waals surface area contributed by atoms with Crippen molar-refractivity contribution < 1.29 is 8.95 Å². The fourth-order valence-corrected chi connectivity index (χ4v) is 4.63. The molecule has 0 unspecified atom stereocenters. The summed E-state index contributed by atoms with van der Waals surface area (Å²) in [6.45, 7) is 3.88. The molecule has 0 amide bonds. The first-order valence-corrected chi connectivity index (χ1v) is 10.0. The molecule has 4 nitrogen and oxygen atoms in total. The molecule has 2 atom stereocenters. The number of allylic oxidation sites excluding steroid dienone is 3. The van der Waals surface area contributed by atoms with Crippen LogP contribution >= 0.6 is 11.6 Å². The Bertz CT molecular complexity index is 986. The molecular formula is C21H19ClN2O2S. The van der Waals surface area contributed by atoms with E-state index in [1.54, 1.807) is 12.1 Å². The number of aryl methyl sites for hydroxylation is 1. The molecule has 2 aromatic carbocycles. The molecule has 0 radical (unpaired) electrons. The lowest BCUT2D eigenvalue weighted by molar-refractivity contribution is 0.272. The molecule has 3 rings (SSSR count). The number of nitrogens with zero attached hydrogens (tertiary/aromatic N) is 1. The normalized spacial score (nSPS) is 18.1. The van der Waals surface area contributed by atoms with E-state index in [4.69, 9.17) is 22.1 Å². The summed E-state index contributed by atoms with van der Waals surface area (Å²) >= 11 is 6.02. The average molecular weight is 399 g/mol. The average Bonchev–Trinajstić information content (AvgIpc) is 2.67. The number of nitrogens with two attached hydrogens (primary N) is 1. The summed E-state index contributed by atoms with van der Waals surface area (Å²) in [7, 11) is -1.50. The Morgan fingerprint density at radius 3 is 2.37 bits per heavy atom. The predicted molar refractivity (Wildman–Crippen MR) is 107 cm³/mol. The van der Waals surface area contributed by atoms with Crippen molar-refractivity contribution in [2.75, 3.05) is 0 Å². The van der Waals surface area contributed by atoms with E-state index in [0.29, 0.717) is 27.0 Å². The lowest BCUT2D eigenvalue weighted by Crippen LogP contribution is -2.23. The number of benzene rings is 2. The highest BCUT2D eigenvalue weighted by atomic mass is 35.5. The summed E-state index contributed by atoms with van der Waals surface area (Å²) in [4.78, 5) is 1.20. The van der Waals surface area contributed by atoms with Gasteiger partial charge >= 0.3 is 0 Å². The quantitative estimate of drug-likeness (QED) is 0.795. The molecule has 1 aliphatic heterocycles. The molecule has 1 aliphatic rings. The number of halogens is 1. The van der Waals surface area contributed by atoms with Crippen molar-refractivity contribution in [3.05, 3.63) is 86.8 Å². The van der Waals surface area contributed by atoms with Crippen LogP contribution < -0.4 is 5.73 Å².